The van der Waals surface area contributed by atoms with Crippen molar-refractivity contribution in [1.82, 2.24) is 10.2 Å². The summed E-state index contributed by atoms with van der Waals surface area (Å²) in [6, 6.07) is 6.91. The largest absolute Gasteiger partial charge is 0.336 e. The first-order valence-corrected chi connectivity index (χ1v) is 5.53. The van der Waals surface area contributed by atoms with Crippen molar-refractivity contribution in [3.63, 3.8) is 0 Å². The predicted octanol–water partition coefficient (Wildman–Crippen LogP) is -0.297. The minimum Gasteiger partial charge on any atom is -0.336 e. The Balaban J connectivity index is 2.16. The Labute approximate surface area is 104 Å². The Bertz CT molecular complexity index is 507. The number of guanidine groups is 1. The van der Waals surface area contributed by atoms with Crippen LogP contribution in [0.1, 0.15) is 15.9 Å². The number of amides is 2. The van der Waals surface area contributed by atoms with Gasteiger partial charge in [0.05, 0.1) is 6.54 Å². The molecule has 1 aromatic carbocycles. The SMILES string of the molecule is CN1CC(=O)NC1=NC(=O)c1ccc(CN)cc1. The molecule has 2 rings (SSSR count). The van der Waals surface area contributed by atoms with Gasteiger partial charge in [-0.2, -0.15) is 4.99 Å². The molecule has 2 amide bonds. The van der Waals surface area contributed by atoms with E-state index in [1.165, 1.54) is 0 Å². The molecule has 1 heterocycles. The number of carbonyl (C=O) groups is 2. The standard InChI is InChI=1S/C12H14N4O2/c1-16-7-10(17)14-12(16)15-11(18)9-4-2-8(6-13)3-5-9/h2-5H,6-7,13H2,1H3,(H,14,15,17,18). The first kappa shape index (κ1) is 12.3. The molecular formula is C12H14N4O2. The highest BCUT2D eigenvalue weighted by atomic mass is 16.2. The number of rotatable bonds is 2. The fraction of sp³-hybridized carbons (Fsp3) is 0.250. The van der Waals surface area contributed by atoms with Crippen molar-refractivity contribution in [1.29, 1.82) is 0 Å². The maximum Gasteiger partial charge on any atom is 0.280 e. The molecular weight excluding hydrogens is 232 g/mol. The molecule has 1 aliphatic rings. The molecule has 94 valence electrons. The molecule has 0 radical (unpaired) electrons. The lowest BCUT2D eigenvalue weighted by atomic mass is 10.1. The smallest absolute Gasteiger partial charge is 0.280 e. The van der Waals surface area contributed by atoms with E-state index in [4.69, 9.17) is 5.73 Å². The second-order valence-electron chi connectivity index (χ2n) is 4.05. The monoisotopic (exact) mass is 246 g/mol. The molecule has 0 bridgehead atoms. The van der Waals surface area contributed by atoms with Crippen LogP contribution in [0.2, 0.25) is 0 Å². The quantitative estimate of drug-likeness (QED) is 0.750. The molecule has 3 N–H and O–H groups in total. The molecule has 18 heavy (non-hydrogen) atoms. The summed E-state index contributed by atoms with van der Waals surface area (Å²) in [6.07, 6.45) is 0. The lowest BCUT2D eigenvalue weighted by Gasteiger charge is -2.07. The number of nitrogens with zero attached hydrogens (tertiary/aromatic N) is 2. The summed E-state index contributed by atoms with van der Waals surface area (Å²) in [5.74, 6) is -0.266. The second kappa shape index (κ2) is 4.97. The maximum atomic E-state index is 11.9. The van der Waals surface area contributed by atoms with Gasteiger partial charge in [0.2, 0.25) is 11.9 Å². The van der Waals surface area contributed by atoms with Crippen LogP contribution in [0.25, 0.3) is 0 Å². The van der Waals surface area contributed by atoms with E-state index in [0.29, 0.717) is 12.1 Å². The third-order valence-corrected chi connectivity index (χ3v) is 2.64. The Morgan fingerprint density at radius 1 is 1.44 bits per heavy atom. The van der Waals surface area contributed by atoms with Crippen molar-refractivity contribution < 1.29 is 9.59 Å². The van der Waals surface area contributed by atoms with Crippen LogP contribution in [0.3, 0.4) is 0 Å². The van der Waals surface area contributed by atoms with Gasteiger partial charge in [-0.05, 0) is 17.7 Å². The van der Waals surface area contributed by atoms with Crippen LogP contribution in [0.4, 0.5) is 0 Å². The van der Waals surface area contributed by atoms with E-state index in [-0.39, 0.29) is 24.3 Å². The number of hydrogen-bond acceptors (Lipinski definition) is 3. The van der Waals surface area contributed by atoms with Crippen molar-refractivity contribution in [2.75, 3.05) is 13.6 Å². The number of nitrogens with one attached hydrogen (secondary N) is 1. The molecule has 0 unspecified atom stereocenters. The minimum absolute atomic E-state index is 0.164. The van der Waals surface area contributed by atoms with Gasteiger partial charge in [-0.1, -0.05) is 12.1 Å². The van der Waals surface area contributed by atoms with E-state index < -0.39 is 0 Å². The maximum absolute atomic E-state index is 11.9. The van der Waals surface area contributed by atoms with E-state index in [0.717, 1.165) is 5.56 Å². The lowest BCUT2D eigenvalue weighted by Crippen LogP contribution is -2.28. The summed E-state index contributed by atoms with van der Waals surface area (Å²) in [7, 11) is 1.70. The lowest BCUT2D eigenvalue weighted by molar-refractivity contribution is -0.118. The average molecular weight is 246 g/mol. The van der Waals surface area contributed by atoms with Gasteiger partial charge in [0.25, 0.3) is 5.91 Å². The zero-order valence-electron chi connectivity index (χ0n) is 10.0. The summed E-state index contributed by atoms with van der Waals surface area (Å²) in [5.41, 5.74) is 6.89. The van der Waals surface area contributed by atoms with Gasteiger partial charge < -0.3 is 10.6 Å². The number of carbonyl (C=O) groups excluding carboxylic acids is 2. The van der Waals surface area contributed by atoms with Crippen LogP contribution < -0.4 is 11.1 Å². The van der Waals surface area contributed by atoms with Crippen molar-refractivity contribution >= 4 is 17.8 Å². The first-order chi connectivity index (χ1) is 8.60. The fourth-order valence-corrected chi connectivity index (χ4v) is 1.61. The molecule has 0 atom stereocenters. The van der Waals surface area contributed by atoms with Crippen LogP contribution in [0, 0.1) is 0 Å². The van der Waals surface area contributed by atoms with Crippen molar-refractivity contribution in [3.05, 3.63) is 35.4 Å². The Morgan fingerprint density at radius 3 is 2.61 bits per heavy atom. The zero-order valence-corrected chi connectivity index (χ0v) is 10.0. The highest BCUT2D eigenvalue weighted by molar-refractivity contribution is 6.10. The van der Waals surface area contributed by atoms with E-state index in [2.05, 4.69) is 10.3 Å². The Kier molecular flexibility index (Phi) is 3.38. The molecule has 1 saturated heterocycles. The molecule has 1 aliphatic heterocycles. The summed E-state index contributed by atoms with van der Waals surface area (Å²) >= 11 is 0. The third-order valence-electron chi connectivity index (χ3n) is 2.64. The molecule has 6 nitrogen and oxygen atoms in total. The molecule has 6 heteroatoms. The van der Waals surface area contributed by atoms with Crippen LogP contribution >= 0.6 is 0 Å². The first-order valence-electron chi connectivity index (χ1n) is 5.53. The van der Waals surface area contributed by atoms with E-state index in [9.17, 15) is 9.59 Å². The second-order valence-corrected chi connectivity index (χ2v) is 4.05. The van der Waals surface area contributed by atoms with E-state index in [1.54, 1.807) is 36.2 Å². The van der Waals surface area contributed by atoms with Gasteiger partial charge in [0.15, 0.2) is 0 Å². The van der Waals surface area contributed by atoms with Crippen LogP contribution in [-0.4, -0.2) is 36.3 Å². The van der Waals surface area contributed by atoms with Crippen LogP contribution in [0.5, 0.6) is 0 Å². The third kappa shape index (κ3) is 2.54. The molecule has 1 aromatic rings. The number of benzene rings is 1. The average Bonchev–Trinajstić information content (AvgIpc) is 2.68. The molecule has 0 aromatic heterocycles. The Morgan fingerprint density at radius 2 is 2.11 bits per heavy atom. The molecule has 0 aliphatic carbocycles. The summed E-state index contributed by atoms with van der Waals surface area (Å²) in [6.45, 7) is 0.653. The van der Waals surface area contributed by atoms with Crippen molar-refractivity contribution in [2.24, 2.45) is 10.7 Å². The zero-order chi connectivity index (χ0) is 13.1. The number of likely N-dealkylation sites (N-methyl/N-ethyl adjacent to an activating group) is 1. The van der Waals surface area contributed by atoms with Gasteiger partial charge in [0, 0.05) is 19.2 Å². The van der Waals surface area contributed by atoms with E-state index in [1.807, 2.05) is 0 Å². The van der Waals surface area contributed by atoms with Gasteiger partial charge in [-0.25, -0.2) is 0 Å². The van der Waals surface area contributed by atoms with Crippen molar-refractivity contribution in [2.45, 2.75) is 6.54 Å². The minimum atomic E-state index is -0.386. The fourth-order valence-electron chi connectivity index (χ4n) is 1.61. The summed E-state index contributed by atoms with van der Waals surface area (Å²) in [4.78, 5) is 28.4. The molecule has 1 fully saturated rings. The van der Waals surface area contributed by atoms with Gasteiger partial charge in [0.1, 0.15) is 0 Å². The topological polar surface area (TPSA) is 87.8 Å². The summed E-state index contributed by atoms with van der Waals surface area (Å²) < 4.78 is 0. The Hall–Kier alpha value is -2.21. The van der Waals surface area contributed by atoms with Gasteiger partial charge in [-0.15, -0.1) is 0 Å². The highest BCUT2D eigenvalue weighted by Gasteiger charge is 2.22. The number of nitrogens with two attached hydrogens (primary N) is 1. The summed E-state index contributed by atoms with van der Waals surface area (Å²) in [5, 5.41) is 2.52. The van der Waals surface area contributed by atoms with Crippen LogP contribution in [0.15, 0.2) is 29.3 Å². The molecule has 0 saturated carbocycles. The molecule has 0 spiro atoms. The van der Waals surface area contributed by atoms with Gasteiger partial charge in [-0.3, -0.25) is 14.9 Å². The van der Waals surface area contributed by atoms with Gasteiger partial charge >= 0.3 is 0 Å². The van der Waals surface area contributed by atoms with E-state index >= 15 is 0 Å². The van der Waals surface area contributed by atoms with Crippen molar-refractivity contribution in [3.8, 4) is 0 Å². The highest BCUT2D eigenvalue weighted by Crippen LogP contribution is 2.06. The van der Waals surface area contributed by atoms with Crippen LogP contribution in [-0.2, 0) is 11.3 Å². The number of hydrogen-bond donors (Lipinski definition) is 2. The predicted molar refractivity (Wildman–Crippen MR) is 66.9 cm³/mol. The normalized spacial score (nSPS) is 17.1. The number of aliphatic imine (C=N–C) groups is 1.